The average Bonchev–Trinajstić information content (AvgIpc) is 3.07. The van der Waals surface area contributed by atoms with Crippen LogP contribution in [0.2, 0.25) is 0 Å². The van der Waals surface area contributed by atoms with Crippen molar-refractivity contribution in [2.45, 2.75) is 52.6 Å². The van der Waals surface area contributed by atoms with Crippen LogP contribution in [0.3, 0.4) is 0 Å². The largest absolute Gasteiger partial charge is 0.380 e. The van der Waals surface area contributed by atoms with Gasteiger partial charge < -0.3 is 10.1 Å². The van der Waals surface area contributed by atoms with E-state index in [2.05, 4.69) is 45.0 Å². The Morgan fingerprint density at radius 2 is 1.89 bits per heavy atom. The lowest BCUT2D eigenvalue weighted by molar-refractivity contribution is 0.0819. The molecular weight excluding hydrogens is 224 g/mol. The summed E-state index contributed by atoms with van der Waals surface area (Å²) in [6.45, 7) is 13.0. The first-order chi connectivity index (χ1) is 8.50. The molecule has 0 spiro atoms. The number of hydrogen-bond donors (Lipinski definition) is 1. The molecule has 0 aliphatic heterocycles. The van der Waals surface area contributed by atoms with Crippen molar-refractivity contribution >= 4 is 0 Å². The minimum absolute atomic E-state index is 0.561. The van der Waals surface area contributed by atoms with Crippen LogP contribution in [0.5, 0.6) is 0 Å². The second kappa shape index (κ2) is 8.13. The maximum Gasteiger partial charge on any atom is 0.0593 e. The Kier molecular flexibility index (Phi) is 7.20. The molecule has 3 heteroatoms. The molecule has 0 amide bonds. The Balaban J connectivity index is 2.17. The monoisotopic (exact) mass is 256 g/mol. The van der Waals surface area contributed by atoms with Gasteiger partial charge in [-0.05, 0) is 31.7 Å². The summed E-state index contributed by atoms with van der Waals surface area (Å²) in [5, 5.41) is 3.54. The molecule has 0 aromatic heterocycles. The van der Waals surface area contributed by atoms with Crippen LogP contribution in [0.1, 0.15) is 40.5 Å². The molecule has 1 saturated carbocycles. The first-order valence-corrected chi connectivity index (χ1v) is 7.52. The highest BCUT2D eigenvalue weighted by Gasteiger charge is 2.22. The van der Waals surface area contributed by atoms with E-state index in [1.807, 2.05) is 0 Å². The van der Waals surface area contributed by atoms with Gasteiger partial charge in [-0.2, -0.15) is 0 Å². The van der Waals surface area contributed by atoms with E-state index in [0.29, 0.717) is 18.0 Å². The van der Waals surface area contributed by atoms with Crippen LogP contribution in [0, 0.1) is 11.8 Å². The molecule has 1 aliphatic carbocycles. The van der Waals surface area contributed by atoms with Gasteiger partial charge in [0.25, 0.3) is 0 Å². The van der Waals surface area contributed by atoms with Crippen molar-refractivity contribution in [1.29, 1.82) is 0 Å². The van der Waals surface area contributed by atoms with Gasteiger partial charge in [0.2, 0.25) is 0 Å². The fourth-order valence-electron chi connectivity index (χ4n) is 2.17. The SMILES string of the molecule is CC(C)NCC(C(C)C)N(C)CCOCC1CC1. The Morgan fingerprint density at radius 1 is 1.22 bits per heavy atom. The first kappa shape index (κ1) is 15.9. The molecule has 1 N–H and O–H groups in total. The lowest BCUT2D eigenvalue weighted by Crippen LogP contribution is -2.46. The Bertz CT molecular complexity index is 215. The molecule has 108 valence electrons. The lowest BCUT2D eigenvalue weighted by atomic mass is 10.0. The Hall–Kier alpha value is -0.120. The normalized spacial score (nSPS) is 18.0. The van der Waals surface area contributed by atoms with Crippen molar-refractivity contribution < 1.29 is 4.74 Å². The predicted octanol–water partition coefficient (Wildman–Crippen LogP) is 2.37. The van der Waals surface area contributed by atoms with Gasteiger partial charge in [-0.1, -0.05) is 27.7 Å². The van der Waals surface area contributed by atoms with E-state index < -0.39 is 0 Å². The maximum absolute atomic E-state index is 5.72. The predicted molar refractivity (Wildman–Crippen MR) is 77.9 cm³/mol. The summed E-state index contributed by atoms with van der Waals surface area (Å²) in [5.74, 6) is 1.54. The summed E-state index contributed by atoms with van der Waals surface area (Å²) in [6, 6.07) is 1.16. The lowest BCUT2D eigenvalue weighted by Gasteiger charge is -2.32. The zero-order valence-electron chi connectivity index (χ0n) is 12.9. The van der Waals surface area contributed by atoms with Crippen LogP contribution >= 0.6 is 0 Å². The van der Waals surface area contributed by atoms with Crippen LogP contribution in [0.25, 0.3) is 0 Å². The molecule has 1 unspecified atom stereocenters. The molecule has 0 aromatic carbocycles. The summed E-state index contributed by atoms with van der Waals surface area (Å²) >= 11 is 0. The molecule has 0 radical (unpaired) electrons. The fraction of sp³-hybridized carbons (Fsp3) is 1.00. The number of nitrogens with one attached hydrogen (secondary N) is 1. The topological polar surface area (TPSA) is 24.5 Å². The third-order valence-corrected chi connectivity index (χ3v) is 3.71. The van der Waals surface area contributed by atoms with E-state index in [1.54, 1.807) is 0 Å². The number of rotatable bonds is 10. The number of ether oxygens (including phenoxy) is 1. The van der Waals surface area contributed by atoms with Crippen LogP contribution in [-0.4, -0.2) is 50.3 Å². The minimum atomic E-state index is 0.561. The van der Waals surface area contributed by atoms with E-state index in [9.17, 15) is 0 Å². The van der Waals surface area contributed by atoms with Crippen molar-refractivity contribution in [3.8, 4) is 0 Å². The van der Waals surface area contributed by atoms with Gasteiger partial charge in [-0.15, -0.1) is 0 Å². The highest BCUT2D eigenvalue weighted by molar-refractivity contribution is 4.76. The van der Waals surface area contributed by atoms with E-state index in [4.69, 9.17) is 4.74 Å². The van der Waals surface area contributed by atoms with Gasteiger partial charge >= 0.3 is 0 Å². The van der Waals surface area contributed by atoms with Crippen molar-refractivity contribution in [3.05, 3.63) is 0 Å². The summed E-state index contributed by atoms with van der Waals surface area (Å²) in [7, 11) is 2.22. The second-order valence-electron chi connectivity index (χ2n) is 6.37. The molecule has 3 nitrogen and oxygen atoms in total. The van der Waals surface area contributed by atoms with Gasteiger partial charge in [0, 0.05) is 31.8 Å². The molecule has 18 heavy (non-hydrogen) atoms. The van der Waals surface area contributed by atoms with Crippen molar-refractivity contribution in [1.82, 2.24) is 10.2 Å². The third-order valence-electron chi connectivity index (χ3n) is 3.71. The van der Waals surface area contributed by atoms with Gasteiger partial charge in [-0.25, -0.2) is 0 Å². The standard InChI is InChI=1S/C15H32N2O/c1-12(2)15(10-16-13(3)4)17(5)8-9-18-11-14-6-7-14/h12-16H,6-11H2,1-5H3. The number of likely N-dealkylation sites (N-methyl/N-ethyl adjacent to an activating group) is 1. The van der Waals surface area contributed by atoms with Crippen LogP contribution in [0.4, 0.5) is 0 Å². The number of hydrogen-bond acceptors (Lipinski definition) is 3. The summed E-state index contributed by atoms with van der Waals surface area (Å²) in [6.07, 6.45) is 2.76. The van der Waals surface area contributed by atoms with Gasteiger partial charge in [0.1, 0.15) is 0 Å². The quantitative estimate of drug-likeness (QED) is 0.607. The molecule has 1 rings (SSSR count). The summed E-state index contributed by atoms with van der Waals surface area (Å²) in [5.41, 5.74) is 0. The molecule has 0 heterocycles. The van der Waals surface area contributed by atoms with E-state index in [1.165, 1.54) is 12.8 Å². The molecule has 0 saturated heterocycles. The Labute approximate surface area is 113 Å². The zero-order chi connectivity index (χ0) is 13.5. The molecular formula is C15H32N2O. The minimum Gasteiger partial charge on any atom is -0.380 e. The van der Waals surface area contributed by atoms with E-state index in [-0.39, 0.29) is 0 Å². The van der Waals surface area contributed by atoms with E-state index in [0.717, 1.165) is 32.2 Å². The average molecular weight is 256 g/mol. The van der Waals surface area contributed by atoms with Crippen molar-refractivity contribution in [3.63, 3.8) is 0 Å². The van der Waals surface area contributed by atoms with E-state index >= 15 is 0 Å². The maximum atomic E-state index is 5.72. The van der Waals surface area contributed by atoms with Crippen LogP contribution in [0.15, 0.2) is 0 Å². The van der Waals surface area contributed by atoms with Crippen LogP contribution < -0.4 is 5.32 Å². The fourth-order valence-corrected chi connectivity index (χ4v) is 2.17. The summed E-state index contributed by atoms with van der Waals surface area (Å²) < 4.78 is 5.72. The smallest absolute Gasteiger partial charge is 0.0593 e. The summed E-state index contributed by atoms with van der Waals surface area (Å²) in [4.78, 5) is 2.44. The third kappa shape index (κ3) is 6.72. The van der Waals surface area contributed by atoms with Gasteiger partial charge in [-0.3, -0.25) is 4.90 Å². The molecule has 1 aliphatic rings. The van der Waals surface area contributed by atoms with Crippen molar-refractivity contribution in [2.24, 2.45) is 11.8 Å². The second-order valence-corrected chi connectivity index (χ2v) is 6.37. The van der Waals surface area contributed by atoms with Crippen LogP contribution in [-0.2, 0) is 4.74 Å². The molecule has 0 aromatic rings. The Morgan fingerprint density at radius 3 is 2.39 bits per heavy atom. The highest BCUT2D eigenvalue weighted by Crippen LogP contribution is 2.28. The molecule has 1 atom stereocenters. The first-order valence-electron chi connectivity index (χ1n) is 7.52. The number of nitrogens with zero attached hydrogens (tertiary/aromatic N) is 1. The highest BCUT2D eigenvalue weighted by atomic mass is 16.5. The molecule has 1 fully saturated rings. The zero-order valence-corrected chi connectivity index (χ0v) is 12.9. The van der Waals surface area contributed by atoms with Gasteiger partial charge in [0.05, 0.1) is 6.61 Å². The molecule has 0 bridgehead atoms. The van der Waals surface area contributed by atoms with Crippen molar-refractivity contribution in [2.75, 3.05) is 33.4 Å². The van der Waals surface area contributed by atoms with Gasteiger partial charge in [0.15, 0.2) is 0 Å².